The number of hydrogen-bond donors (Lipinski definition) is 1. The van der Waals surface area contributed by atoms with Crippen LogP contribution in [0.2, 0.25) is 0 Å². The molecule has 1 aromatic heterocycles. The van der Waals surface area contributed by atoms with Gasteiger partial charge in [-0.05, 0) is 31.5 Å². The Labute approximate surface area is 126 Å². The van der Waals surface area contributed by atoms with Crippen LogP contribution in [0.25, 0.3) is 10.8 Å². The van der Waals surface area contributed by atoms with Crippen molar-refractivity contribution in [2.24, 2.45) is 0 Å². The minimum Gasteiger partial charge on any atom is -0.397 e. The van der Waals surface area contributed by atoms with E-state index in [-0.39, 0.29) is 0 Å². The topological polar surface area (TPSA) is 45.4 Å². The second kappa shape index (κ2) is 5.90. The van der Waals surface area contributed by atoms with Gasteiger partial charge in [0.25, 0.3) is 0 Å². The smallest absolute Gasteiger partial charge is 0.0632 e. The van der Waals surface area contributed by atoms with Crippen LogP contribution in [0.1, 0.15) is 19.8 Å². The lowest BCUT2D eigenvalue weighted by Crippen LogP contribution is -2.43. The Balaban J connectivity index is 1.85. The number of anilines is 2. The molecule has 1 fully saturated rings. The maximum absolute atomic E-state index is 6.40. The Morgan fingerprint density at radius 2 is 2.05 bits per heavy atom. The van der Waals surface area contributed by atoms with Gasteiger partial charge in [-0.15, -0.1) is 0 Å². The first-order valence-corrected chi connectivity index (χ1v) is 7.78. The second-order valence-electron chi connectivity index (χ2n) is 5.87. The van der Waals surface area contributed by atoms with E-state index < -0.39 is 0 Å². The van der Waals surface area contributed by atoms with E-state index in [1.807, 2.05) is 18.5 Å². The van der Waals surface area contributed by atoms with E-state index in [0.717, 1.165) is 28.7 Å². The first-order valence-electron chi connectivity index (χ1n) is 7.78. The lowest BCUT2D eigenvalue weighted by Gasteiger charge is -2.38. The maximum Gasteiger partial charge on any atom is 0.0632 e. The number of piperidine rings is 1. The third-order valence-corrected chi connectivity index (χ3v) is 4.77. The summed E-state index contributed by atoms with van der Waals surface area (Å²) in [5, 5.41) is 2.20. The summed E-state index contributed by atoms with van der Waals surface area (Å²) in [6.45, 7) is 5.76. The molecule has 0 atom stereocenters. The molecule has 21 heavy (non-hydrogen) atoms. The van der Waals surface area contributed by atoms with Crippen LogP contribution < -0.4 is 10.6 Å². The molecule has 0 saturated carbocycles. The molecule has 1 saturated heterocycles. The zero-order valence-corrected chi connectivity index (χ0v) is 12.9. The molecule has 2 heterocycles. The van der Waals surface area contributed by atoms with Gasteiger partial charge in [-0.2, -0.15) is 0 Å². The highest BCUT2D eigenvalue weighted by atomic mass is 15.2. The van der Waals surface area contributed by atoms with E-state index in [1.165, 1.54) is 25.9 Å². The molecule has 1 aliphatic rings. The van der Waals surface area contributed by atoms with Gasteiger partial charge >= 0.3 is 0 Å². The van der Waals surface area contributed by atoms with Crippen LogP contribution in [0, 0.1) is 0 Å². The second-order valence-corrected chi connectivity index (χ2v) is 5.87. The van der Waals surface area contributed by atoms with Gasteiger partial charge < -0.3 is 15.5 Å². The average Bonchev–Trinajstić information content (AvgIpc) is 2.55. The lowest BCUT2D eigenvalue weighted by molar-refractivity contribution is 0.221. The largest absolute Gasteiger partial charge is 0.397 e. The van der Waals surface area contributed by atoms with E-state index in [9.17, 15) is 0 Å². The van der Waals surface area contributed by atoms with E-state index in [2.05, 4.69) is 40.9 Å². The van der Waals surface area contributed by atoms with Crippen LogP contribution in [-0.4, -0.2) is 42.6 Å². The van der Waals surface area contributed by atoms with Crippen molar-refractivity contribution >= 4 is 22.1 Å². The first kappa shape index (κ1) is 14.1. The molecule has 0 unspecified atom stereocenters. The van der Waals surface area contributed by atoms with Gasteiger partial charge in [0.2, 0.25) is 0 Å². The monoisotopic (exact) mass is 284 g/mol. The van der Waals surface area contributed by atoms with E-state index in [1.54, 1.807) is 0 Å². The number of pyridine rings is 1. The third-order valence-electron chi connectivity index (χ3n) is 4.77. The van der Waals surface area contributed by atoms with Crippen LogP contribution in [0.3, 0.4) is 0 Å². The number of aromatic nitrogens is 1. The molecule has 0 radical (unpaired) electrons. The van der Waals surface area contributed by atoms with E-state index in [4.69, 9.17) is 5.73 Å². The summed E-state index contributed by atoms with van der Waals surface area (Å²) in [5.74, 6) is 0. The quantitative estimate of drug-likeness (QED) is 0.880. The molecular formula is C17H24N4. The molecule has 0 aliphatic carbocycles. The standard InChI is InChI=1S/C17H24N4/c1-3-21-10-7-14(8-11-21)20(2)16-5-4-13-12-19-9-6-15(13)17(16)18/h4-6,9,12,14H,3,7-8,10-11,18H2,1-2H3. The highest BCUT2D eigenvalue weighted by molar-refractivity contribution is 5.98. The van der Waals surface area contributed by atoms with Crippen molar-refractivity contribution in [2.45, 2.75) is 25.8 Å². The lowest BCUT2D eigenvalue weighted by atomic mass is 10.0. The summed E-state index contributed by atoms with van der Waals surface area (Å²) >= 11 is 0. The normalized spacial score (nSPS) is 17.2. The molecule has 0 spiro atoms. The fourth-order valence-corrected chi connectivity index (χ4v) is 3.31. The number of likely N-dealkylation sites (tertiary alicyclic amines) is 1. The summed E-state index contributed by atoms with van der Waals surface area (Å²) < 4.78 is 0. The SMILES string of the molecule is CCN1CCC(N(C)c2ccc3cnccc3c2N)CC1. The molecule has 4 nitrogen and oxygen atoms in total. The Bertz CT molecular complexity index is 617. The summed E-state index contributed by atoms with van der Waals surface area (Å²) in [6.07, 6.45) is 6.09. The van der Waals surface area contributed by atoms with Gasteiger partial charge in [0.15, 0.2) is 0 Å². The Kier molecular flexibility index (Phi) is 3.97. The van der Waals surface area contributed by atoms with Crippen LogP contribution in [0.15, 0.2) is 30.6 Å². The zero-order valence-electron chi connectivity index (χ0n) is 12.9. The van der Waals surface area contributed by atoms with Gasteiger partial charge in [-0.25, -0.2) is 0 Å². The zero-order chi connectivity index (χ0) is 14.8. The van der Waals surface area contributed by atoms with Gasteiger partial charge in [0.05, 0.1) is 11.4 Å². The molecule has 112 valence electrons. The van der Waals surface area contributed by atoms with Crippen molar-refractivity contribution in [3.63, 3.8) is 0 Å². The van der Waals surface area contributed by atoms with Gasteiger partial charge in [-0.3, -0.25) is 4.98 Å². The Hall–Kier alpha value is -1.81. The predicted molar refractivity (Wildman–Crippen MR) is 89.7 cm³/mol. The van der Waals surface area contributed by atoms with Crippen molar-refractivity contribution < 1.29 is 0 Å². The number of rotatable bonds is 3. The Morgan fingerprint density at radius 1 is 1.29 bits per heavy atom. The molecule has 2 aromatic rings. The molecule has 1 aromatic carbocycles. The highest BCUT2D eigenvalue weighted by Gasteiger charge is 2.23. The predicted octanol–water partition coefficient (Wildman–Crippen LogP) is 2.74. The summed E-state index contributed by atoms with van der Waals surface area (Å²) in [6, 6.07) is 6.83. The average molecular weight is 284 g/mol. The molecule has 0 bridgehead atoms. The van der Waals surface area contributed by atoms with Crippen LogP contribution in [0.4, 0.5) is 11.4 Å². The molecule has 0 amide bonds. The van der Waals surface area contributed by atoms with Crippen molar-refractivity contribution in [3.05, 3.63) is 30.6 Å². The molecule has 4 heteroatoms. The number of hydrogen-bond acceptors (Lipinski definition) is 4. The number of nitrogen functional groups attached to an aromatic ring is 1. The molecule has 1 aliphatic heterocycles. The molecule has 3 rings (SSSR count). The third kappa shape index (κ3) is 2.68. The molecule has 2 N–H and O–H groups in total. The van der Waals surface area contributed by atoms with Crippen molar-refractivity contribution in [3.8, 4) is 0 Å². The van der Waals surface area contributed by atoms with E-state index >= 15 is 0 Å². The fraction of sp³-hybridized carbons (Fsp3) is 0.471. The number of nitrogens with zero attached hydrogens (tertiary/aromatic N) is 3. The Morgan fingerprint density at radius 3 is 2.76 bits per heavy atom. The van der Waals surface area contributed by atoms with Gasteiger partial charge in [-0.1, -0.05) is 13.0 Å². The highest BCUT2D eigenvalue weighted by Crippen LogP contribution is 2.32. The number of nitrogens with two attached hydrogens (primary N) is 1. The number of fused-ring (bicyclic) bond motifs is 1. The fourth-order valence-electron chi connectivity index (χ4n) is 3.31. The summed E-state index contributed by atoms with van der Waals surface area (Å²) in [5.41, 5.74) is 8.41. The van der Waals surface area contributed by atoms with Gasteiger partial charge in [0, 0.05) is 49.3 Å². The number of benzene rings is 1. The van der Waals surface area contributed by atoms with Crippen molar-refractivity contribution in [1.29, 1.82) is 0 Å². The van der Waals surface area contributed by atoms with Crippen molar-refractivity contribution in [1.82, 2.24) is 9.88 Å². The molecular weight excluding hydrogens is 260 g/mol. The summed E-state index contributed by atoms with van der Waals surface area (Å²) in [4.78, 5) is 9.04. The minimum absolute atomic E-state index is 0.578. The minimum atomic E-state index is 0.578. The van der Waals surface area contributed by atoms with Crippen LogP contribution >= 0.6 is 0 Å². The summed E-state index contributed by atoms with van der Waals surface area (Å²) in [7, 11) is 2.17. The van der Waals surface area contributed by atoms with Crippen LogP contribution in [-0.2, 0) is 0 Å². The maximum atomic E-state index is 6.40. The van der Waals surface area contributed by atoms with E-state index in [0.29, 0.717) is 6.04 Å². The van der Waals surface area contributed by atoms with Crippen molar-refractivity contribution in [2.75, 3.05) is 37.3 Å². The first-order chi connectivity index (χ1) is 10.2. The van der Waals surface area contributed by atoms with Crippen LogP contribution in [0.5, 0.6) is 0 Å². The van der Waals surface area contributed by atoms with Gasteiger partial charge in [0.1, 0.15) is 0 Å².